The van der Waals surface area contributed by atoms with E-state index in [9.17, 15) is 8.78 Å². The van der Waals surface area contributed by atoms with Crippen molar-refractivity contribution in [3.05, 3.63) is 40.9 Å². The fourth-order valence-corrected chi connectivity index (χ4v) is 2.37. The van der Waals surface area contributed by atoms with Crippen molar-refractivity contribution in [2.24, 2.45) is 0 Å². The molecule has 2 nitrogen and oxygen atoms in total. The van der Waals surface area contributed by atoms with Crippen LogP contribution in [0, 0.1) is 0 Å². The lowest BCUT2D eigenvalue weighted by atomic mass is 9.78. The number of alkyl halides is 2. The van der Waals surface area contributed by atoms with Gasteiger partial charge in [0, 0.05) is 11.3 Å². The van der Waals surface area contributed by atoms with Crippen LogP contribution in [-0.4, -0.2) is 24.1 Å². The third-order valence-electron chi connectivity index (χ3n) is 4.28. The second-order valence-electron chi connectivity index (χ2n) is 6.43. The molecule has 0 spiro atoms. The summed E-state index contributed by atoms with van der Waals surface area (Å²) in [5.74, 6) is 0.466. The topological polar surface area (TPSA) is 18.5 Å². The number of hydrogen-bond donors (Lipinski definition) is 1. The highest BCUT2D eigenvalue weighted by atomic mass is 32.1. The molecule has 120 valence electrons. The second kappa shape index (κ2) is 6.34. The Labute approximate surface area is 136 Å². The van der Waals surface area contributed by atoms with E-state index in [-0.39, 0.29) is 5.56 Å². The molecule has 6 heteroatoms. The highest BCUT2D eigenvalue weighted by Gasteiger charge is 2.52. The van der Waals surface area contributed by atoms with Gasteiger partial charge in [-0.2, -0.15) is 12.6 Å². The predicted octanol–water partition coefficient (Wildman–Crippen LogP) is 4.57. The number of halogens is 2. The van der Waals surface area contributed by atoms with Crippen LogP contribution in [-0.2, 0) is 9.31 Å². The van der Waals surface area contributed by atoms with Crippen LogP contribution in [0.3, 0.4) is 0 Å². The van der Waals surface area contributed by atoms with E-state index in [0.717, 1.165) is 11.0 Å². The Hall–Kier alpha value is -0.845. The monoisotopic (exact) mass is 326 g/mol. The Morgan fingerprint density at radius 3 is 2.05 bits per heavy atom. The lowest BCUT2D eigenvalue weighted by molar-refractivity contribution is 0.00578. The molecule has 0 atom stereocenters. The minimum absolute atomic E-state index is 0.0141. The molecule has 1 aliphatic heterocycles. The average molecular weight is 326 g/mol. The molecule has 0 aromatic heterocycles. The Kier molecular flexibility index (Phi) is 5.04. The molecule has 22 heavy (non-hydrogen) atoms. The van der Waals surface area contributed by atoms with Crippen LogP contribution in [0.2, 0.25) is 0 Å². The van der Waals surface area contributed by atoms with Crippen LogP contribution >= 0.6 is 12.6 Å². The summed E-state index contributed by atoms with van der Waals surface area (Å²) in [6.45, 7) is 7.95. The first-order valence-corrected chi connectivity index (χ1v) is 7.84. The van der Waals surface area contributed by atoms with Crippen molar-refractivity contribution in [2.75, 3.05) is 5.75 Å². The molecular formula is C16H21BF2O2S. The number of benzene rings is 1. The highest BCUT2D eigenvalue weighted by Crippen LogP contribution is 2.39. The zero-order valence-electron chi connectivity index (χ0n) is 13.3. The number of rotatable bonds is 4. The van der Waals surface area contributed by atoms with Crippen molar-refractivity contribution in [1.29, 1.82) is 0 Å². The van der Waals surface area contributed by atoms with Crippen molar-refractivity contribution >= 4 is 25.8 Å². The minimum atomic E-state index is -2.45. The first-order chi connectivity index (χ1) is 10.2. The summed E-state index contributed by atoms with van der Waals surface area (Å²) in [5.41, 5.74) is 0.869. The summed E-state index contributed by atoms with van der Waals surface area (Å²) in [6, 6.07) is 6.18. The predicted molar refractivity (Wildman–Crippen MR) is 89.3 cm³/mol. The van der Waals surface area contributed by atoms with E-state index in [1.807, 2.05) is 33.8 Å². The zero-order chi connectivity index (χ0) is 16.5. The van der Waals surface area contributed by atoms with E-state index in [2.05, 4.69) is 12.6 Å². The van der Waals surface area contributed by atoms with E-state index in [0.29, 0.717) is 5.75 Å². The fraction of sp³-hybridized carbons (Fsp3) is 0.500. The molecule has 0 unspecified atom stereocenters. The van der Waals surface area contributed by atoms with E-state index in [1.54, 1.807) is 12.1 Å². The van der Waals surface area contributed by atoms with Crippen molar-refractivity contribution < 1.29 is 18.1 Å². The summed E-state index contributed by atoms with van der Waals surface area (Å²) in [4.78, 5) is 0. The molecule has 0 N–H and O–H groups in total. The summed E-state index contributed by atoms with van der Waals surface area (Å²) < 4.78 is 37.1. The Bertz CT molecular complexity index is 540. The molecular weight excluding hydrogens is 305 g/mol. The van der Waals surface area contributed by atoms with Crippen LogP contribution < -0.4 is 0 Å². The first-order valence-electron chi connectivity index (χ1n) is 7.21. The number of hydrogen-bond acceptors (Lipinski definition) is 3. The molecule has 0 amide bonds. The fourth-order valence-electron chi connectivity index (χ4n) is 2.13. The minimum Gasteiger partial charge on any atom is -0.400 e. The van der Waals surface area contributed by atoms with E-state index < -0.39 is 24.7 Å². The highest BCUT2D eigenvalue weighted by molar-refractivity contribution is 7.80. The summed E-state index contributed by atoms with van der Waals surface area (Å²) >= 11 is 4.34. The summed E-state index contributed by atoms with van der Waals surface area (Å²) in [6.07, 6.45) is -0.574. The van der Waals surface area contributed by atoms with Crippen molar-refractivity contribution in [1.82, 2.24) is 0 Å². The van der Waals surface area contributed by atoms with Gasteiger partial charge in [0.1, 0.15) is 0 Å². The summed E-state index contributed by atoms with van der Waals surface area (Å²) in [7, 11) is -0.475. The largest absolute Gasteiger partial charge is 0.491 e. The molecule has 1 fully saturated rings. The third kappa shape index (κ3) is 3.55. The van der Waals surface area contributed by atoms with E-state index in [4.69, 9.17) is 9.31 Å². The van der Waals surface area contributed by atoms with Crippen LogP contribution in [0.15, 0.2) is 29.7 Å². The maximum atomic E-state index is 12.6. The standard InChI is InChI=1S/C16H21BF2O2S/c1-15(2)16(3,4)21-17(20-15)13(10-22)9-11-5-7-12(8-6-11)14(18)19/h5-9,14,22H,10H2,1-4H3. The first kappa shape index (κ1) is 17.5. The number of thiol groups is 1. The van der Waals surface area contributed by atoms with Gasteiger partial charge in [-0.15, -0.1) is 0 Å². The van der Waals surface area contributed by atoms with Crippen molar-refractivity contribution in [2.45, 2.75) is 45.3 Å². The SMILES string of the molecule is CC1(C)OB(C(=Cc2ccc(C(F)F)cc2)CS)OC1(C)C. The van der Waals surface area contributed by atoms with Crippen LogP contribution in [0.4, 0.5) is 8.78 Å². The van der Waals surface area contributed by atoms with Gasteiger partial charge < -0.3 is 9.31 Å². The van der Waals surface area contributed by atoms with Gasteiger partial charge in [0.2, 0.25) is 0 Å². The van der Waals surface area contributed by atoms with E-state index in [1.165, 1.54) is 12.1 Å². The molecule has 1 aliphatic rings. The molecule has 2 rings (SSSR count). The van der Waals surface area contributed by atoms with Gasteiger partial charge in [-0.3, -0.25) is 0 Å². The zero-order valence-corrected chi connectivity index (χ0v) is 14.2. The van der Waals surface area contributed by atoms with Gasteiger partial charge in [0.05, 0.1) is 11.2 Å². The molecule has 1 aromatic carbocycles. The molecule has 1 heterocycles. The Balaban J connectivity index is 2.22. The normalized spacial score (nSPS) is 20.7. The molecule has 0 saturated carbocycles. The Morgan fingerprint density at radius 2 is 1.64 bits per heavy atom. The summed E-state index contributed by atoms with van der Waals surface area (Å²) in [5, 5.41) is 0. The maximum Gasteiger partial charge on any atom is 0.491 e. The van der Waals surface area contributed by atoms with E-state index >= 15 is 0 Å². The Morgan fingerprint density at radius 1 is 1.14 bits per heavy atom. The van der Waals surface area contributed by atoms with Gasteiger partial charge in [-0.25, -0.2) is 8.78 Å². The quantitative estimate of drug-likeness (QED) is 0.645. The van der Waals surface area contributed by atoms with Gasteiger partial charge in [-0.05, 0) is 38.7 Å². The molecule has 0 aliphatic carbocycles. The van der Waals surface area contributed by atoms with Gasteiger partial charge >= 0.3 is 7.12 Å². The molecule has 0 radical (unpaired) electrons. The third-order valence-corrected chi connectivity index (χ3v) is 4.64. The molecule has 0 bridgehead atoms. The van der Waals surface area contributed by atoms with Crippen molar-refractivity contribution in [3.8, 4) is 0 Å². The molecule has 1 aromatic rings. The maximum absolute atomic E-state index is 12.6. The van der Waals surface area contributed by atoms with Gasteiger partial charge in [0.15, 0.2) is 0 Å². The lowest BCUT2D eigenvalue weighted by Crippen LogP contribution is -2.41. The van der Waals surface area contributed by atoms with Gasteiger partial charge in [0.25, 0.3) is 6.43 Å². The lowest BCUT2D eigenvalue weighted by Gasteiger charge is -2.32. The molecule has 1 saturated heterocycles. The average Bonchev–Trinajstić information content (AvgIpc) is 2.65. The van der Waals surface area contributed by atoms with Crippen LogP contribution in [0.1, 0.15) is 45.2 Å². The van der Waals surface area contributed by atoms with Gasteiger partial charge in [-0.1, -0.05) is 30.3 Å². The smallest absolute Gasteiger partial charge is 0.400 e. The second-order valence-corrected chi connectivity index (χ2v) is 6.75. The van der Waals surface area contributed by atoms with Crippen LogP contribution in [0.25, 0.3) is 6.08 Å². The van der Waals surface area contributed by atoms with Crippen LogP contribution in [0.5, 0.6) is 0 Å². The van der Waals surface area contributed by atoms with Crippen molar-refractivity contribution in [3.63, 3.8) is 0 Å².